The van der Waals surface area contributed by atoms with Crippen molar-refractivity contribution in [1.82, 2.24) is 5.32 Å². The van der Waals surface area contributed by atoms with Gasteiger partial charge in [0, 0.05) is 12.1 Å². The summed E-state index contributed by atoms with van der Waals surface area (Å²) < 4.78 is 34.6. The summed E-state index contributed by atoms with van der Waals surface area (Å²) in [6.45, 7) is -3.03. The van der Waals surface area contributed by atoms with Crippen LogP contribution in [0.15, 0.2) is 18.2 Å². The second-order valence-electron chi connectivity index (χ2n) is 5.30. The number of amides is 1. The zero-order valence-electron chi connectivity index (χ0n) is 12.4. The average molecular weight is 314 g/mol. The minimum atomic E-state index is -3.03. The summed E-state index contributed by atoms with van der Waals surface area (Å²) in [7, 11) is 1.33. The van der Waals surface area contributed by atoms with Crippen molar-refractivity contribution >= 4 is 5.91 Å². The maximum Gasteiger partial charge on any atom is 0.387 e. The number of ether oxygens (including phenoxy) is 2. The van der Waals surface area contributed by atoms with Crippen LogP contribution in [0.1, 0.15) is 36.0 Å². The van der Waals surface area contributed by atoms with Gasteiger partial charge in [0.05, 0.1) is 12.7 Å². The van der Waals surface area contributed by atoms with E-state index < -0.39 is 12.5 Å². The number of alkyl halides is 2. The lowest BCUT2D eigenvalue weighted by atomic mass is 9.91. The lowest BCUT2D eigenvalue weighted by Gasteiger charge is -2.27. The number of nitrogens with one attached hydrogen (secondary N) is 1. The fraction of sp³-hybridized carbons (Fsp3) is 0.533. The third-order valence-electron chi connectivity index (χ3n) is 3.76. The number of para-hydroxylation sites is 1. The van der Waals surface area contributed by atoms with Crippen LogP contribution in [-0.4, -0.2) is 31.7 Å². The normalized spacial score (nSPS) is 21.5. The van der Waals surface area contributed by atoms with E-state index in [1.807, 2.05) is 0 Å². The summed E-state index contributed by atoms with van der Waals surface area (Å²) >= 11 is 0. The molecule has 0 bridgehead atoms. The topological polar surface area (TPSA) is 73.6 Å². The molecule has 2 rings (SSSR count). The van der Waals surface area contributed by atoms with Gasteiger partial charge in [0.2, 0.25) is 0 Å². The zero-order valence-corrected chi connectivity index (χ0v) is 12.4. The van der Waals surface area contributed by atoms with E-state index in [0.29, 0.717) is 0 Å². The monoisotopic (exact) mass is 314 g/mol. The predicted octanol–water partition coefficient (Wildman–Crippen LogP) is 2.30. The highest BCUT2D eigenvalue weighted by atomic mass is 19.3. The molecule has 1 amide bonds. The van der Waals surface area contributed by atoms with Crippen molar-refractivity contribution < 1.29 is 23.0 Å². The van der Waals surface area contributed by atoms with Gasteiger partial charge in [-0.3, -0.25) is 4.79 Å². The first kappa shape index (κ1) is 16.5. The van der Waals surface area contributed by atoms with Crippen LogP contribution in [0.3, 0.4) is 0 Å². The van der Waals surface area contributed by atoms with Gasteiger partial charge < -0.3 is 20.5 Å². The maximum absolute atomic E-state index is 12.6. The maximum atomic E-state index is 12.6. The third kappa shape index (κ3) is 4.07. The third-order valence-corrected chi connectivity index (χ3v) is 3.76. The Morgan fingerprint density at radius 3 is 2.59 bits per heavy atom. The Bertz CT molecular complexity index is 518. The van der Waals surface area contributed by atoms with Crippen molar-refractivity contribution in [3.8, 4) is 11.5 Å². The van der Waals surface area contributed by atoms with E-state index in [4.69, 9.17) is 10.5 Å². The van der Waals surface area contributed by atoms with Crippen molar-refractivity contribution in [3.63, 3.8) is 0 Å². The molecule has 3 N–H and O–H groups in total. The molecule has 0 spiro atoms. The van der Waals surface area contributed by atoms with E-state index in [1.54, 1.807) is 6.07 Å². The summed E-state index contributed by atoms with van der Waals surface area (Å²) in [5.41, 5.74) is 5.86. The van der Waals surface area contributed by atoms with Crippen LogP contribution in [0.4, 0.5) is 8.78 Å². The fourth-order valence-corrected chi connectivity index (χ4v) is 2.59. The smallest absolute Gasteiger partial charge is 0.387 e. The molecule has 0 heterocycles. The molecule has 22 heavy (non-hydrogen) atoms. The lowest BCUT2D eigenvalue weighted by Crippen LogP contribution is -2.40. The quantitative estimate of drug-likeness (QED) is 0.874. The van der Waals surface area contributed by atoms with Crippen LogP contribution in [0.2, 0.25) is 0 Å². The first-order valence-electron chi connectivity index (χ1n) is 7.19. The van der Waals surface area contributed by atoms with Crippen molar-refractivity contribution in [2.45, 2.75) is 44.4 Å². The molecule has 1 aromatic rings. The molecule has 1 aromatic carbocycles. The SMILES string of the molecule is COc1cccc(C(=O)NC2CCC(N)CC2)c1OC(F)F. The van der Waals surface area contributed by atoms with E-state index in [1.165, 1.54) is 19.2 Å². The highest BCUT2D eigenvalue weighted by molar-refractivity contribution is 5.98. The molecule has 1 aliphatic carbocycles. The number of carbonyl (C=O) groups is 1. The summed E-state index contributed by atoms with van der Waals surface area (Å²) in [6.07, 6.45) is 3.23. The summed E-state index contributed by atoms with van der Waals surface area (Å²) in [4.78, 5) is 12.3. The highest BCUT2D eigenvalue weighted by Crippen LogP contribution is 2.32. The zero-order chi connectivity index (χ0) is 16.1. The molecule has 5 nitrogen and oxygen atoms in total. The molecule has 0 unspecified atom stereocenters. The van der Waals surface area contributed by atoms with Gasteiger partial charge in [-0.15, -0.1) is 0 Å². The van der Waals surface area contributed by atoms with Crippen molar-refractivity contribution in [2.75, 3.05) is 7.11 Å². The molecular formula is C15H20F2N2O3. The van der Waals surface area contributed by atoms with Crippen molar-refractivity contribution in [1.29, 1.82) is 0 Å². The summed E-state index contributed by atoms with van der Waals surface area (Å²) in [6, 6.07) is 4.63. The van der Waals surface area contributed by atoms with E-state index in [-0.39, 0.29) is 29.1 Å². The molecule has 7 heteroatoms. The minimum Gasteiger partial charge on any atom is -0.493 e. The molecule has 122 valence electrons. The van der Waals surface area contributed by atoms with Crippen LogP contribution in [-0.2, 0) is 0 Å². The van der Waals surface area contributed by atoms with Gasteiger partial charge in [-0.1, -0.05) is 6.07 Å². The van der Waals surface area contributed by atoms with Crippen LogP contribution in [0.5, 0.6) is 11.5 Å². The van der Waals surface area contributed by atoms with Crippen LogP contribution in [0, 0.1) is 0 Å². The first-order chi connectivity index (χ1) is 10.5. The van der Waals surface area contributed by atoms with E-state index in [0.717, 1.165) is 25.7 Å². The van der Waals surface area contributed by atoms with E-state index >= 15 is 0 Å². The number of carbonyl (C=O) groups excluding carboxylic acids is 1. The lowest BCUT2D eigenvalue weighted by molar-refractivity contribution is -0.0515. The molecule has 1 saturated carbocycles. The molecule has 1 fully saturated rings. The van der Waals surface area contributed by atoms with Crippen molar-refractivity contribution in [3.05, 3.63) is 23.8 Å². The summed E-state index contributed by atoms with van der Waals surface area (Å²) in [5, 5.41) is 2.85. The Morgan fingerprint density at radius 1 is 1.32 bits per heavy atom. The van der Waals surface area contributed by atoms with Crippen LogP contribution < -0.4 is 20.5 Å². The number of hydrogen-bond donors (Lipinski definition) is 2. The van der Waals surface area contributed by atoms with Gasteiger partial charge >= 0.3 is 6.61 Å². The van der Waals surface area contributed by atoms with Gasteiger partial charge in [0.25, 0.3) is 5.91 Å². The number of methoxy groups -OCH3 is 1. The highest BCUT2D eigenvalue weighted by Gasteiger charge is 2.24. The molecule has 0 radical (unpaired) electrons. The van der Waals surface area contributed by atoms with Crippen LogP contribution >= 0.6 is 0 Å². The summed E-state index contributed by atoms with van der Waals surface area (Å²) in [5.74, 6) is -0.598. The standard InChI is InChI=1S/C15H20F2N2O3/c1-21-12-4-2-3-11(13(12)22-15(16)17)14(20)19-10-7-5-9(18)6-8-10/h2-4,9-10,15H,5-8,18H2,1H3,(H,19,20). The minimum absolute atomic E-state index is 0.00194. The van der Waals surface area contributed by atoms with Gasteiger partial charge in [0.15, 0.2) is 11.5 Å². The molecule has 0 atom stereocenters. The average Bonchev–Trinajstić information content (AvgIpc) is 2.49. The molecule has 0 aliphatic heterocycles. The van der Waals surface area contributed by atoms with Gasteiger partial charge in [-0.2, -0.15) is 8.78 Å². The number of hydrogen-bond acceptors (Lipinski definition) is 4. The number of nitrogens with two attached hydrogens (primary N) is 1. The van der Waals surface area contributed by atoms with Gasteiger partial charge in [0.1, 0.15) is 0 Å². The Morgan fingerprint density at radius 2 is 2.00 bits per heavy atom. The Labute approximate surface area is 127 Å². The Hall–Kier alpha value is -1.89. The van der Waals surface area contributed by atoms with E-state index in [9.17, 15) is 13.6 Å². The molecule has 0 saturated heterocycles. The van der Waals surface area contributed by atoms with Crippen LogP contribution in [0.25, 0.3) is 0 Å². The Kier molecular flexibility index (Phi) is 5.54. The van der Waals surface area contributed by atoms with Crippen molar-refractivity contribution in [2.24, 2.45) is 5.73 Å². The molecule has 1 aliphatic rings. The molecule has 0 aromatic heterocycles. The number of halogens is 2. The number of benzene rings is 1. The first-order valence-corrected chi connectivity index (χ1v) is 7.19. The predicted molar refractivity (Wildman–Crippen MR) is 77.3 cm³/mol. The second kappa shape index (κ2) is 7.40. The largest absolute Gasteiger partial charge is 0.493 e. The second-order valence-corrected chi connectivity index (χ2v) is 5.30. The van der Waals surface area contributed by atoms with Gasteiger partial charge in [-0.05, 0) is 37.8 Å². The fourth-order valence-electron chi connectivity index (χ4n) is 2.59. The molecular weight excluding hydrogens is 294 g/mol. The van der Waals surface area contributed by atoms with Gasteiger partial charge in [-0.25, -0.2) is 0 Å². The Balaban J connectivity index is 2.14. The number of rotatable bonds is 5. The van der Waals surface area contributed by atoms with E-state index in [2.05, 4.69) is 10.1 Å².